The molecule has 3 aliphatic rings. The Morgan fingerprint density at radius 3 is 2.68 bits per heavy atom. The Balaban J connectivity index is 1.47. The smallest absolute Gasteiger partial charge is 0.309 e. The van der Waals surface area contributed by atoms with Gasteiger partial charge in [-0.25, -0.2) is 0 Å². The largest absolute Gasteiger partial charge is 0.481 e. The van der Waals surface area contributed by atoms with Gasteiger partial charge in [0.2, 0.25) is 0 Å². The summed E-state index contributed by atoms with van der Waals surface area (Å²) in [6, 6.07) is 4.74. The van der Waals surface area contributed by atoms with E-state index < -0.39 is 5.97 Å². The van der Waals surface area contributed by atoms with E-state index in [2.05, 4.69) is 14.7 Å². The van der Waals surface area contributed by atoms with Gasteiger partial charge in [-0.3, -0.25) is 19.5 Å². The van der Waals surface area contributed by atoms with Crippen molar-refractivity contribution >= 4 is 5.97 Å². The van der Waals surface area contributed by atoms with E-state index in [1.54, 1.807) is 6.26 Å². The molecule has 1 N–H and O–H groups in total. The molecular formula is C18H27N3O4. The van der Waals surface area contributed by atoms with Crippen LogP contribution in [0.4, 0.5) is 0 Å². The molecule has 7 heteroatoms. The molecule has 3 unspecified atom stereocenters. The molecule has 3 aliphatic heterocycles. The number of rotatable bonds is 4. The maximum absolute atomic E-state index is 11.7. The van der Waals surface area contributed by atoms with E-state index in [4.69, 9.17) is 9.15 Å². The average Bonchev–Trinajstić information content (AvgIpc) is 3.26. The Morgan fingerprint density at radius 1 is 1.16 bits per heavy atom. The average molecular weight is 349 g/mol. The zero-order chi connectivity index (χ0) is 17.2. The summed E-state index contributed by atoms with van der Waals surface area (Å²) in [5, 5.41) is 9.62. The van der Waals surface area contributed by atoms with Crippen LogP contribution in [0, 0.1) is 5.92 Å². The predicted molar refractivity (Wildman–Crippen MR) is 91.3 cm³/mol. The van der Waals surface area contributed by atoms with Crippen LogP contribution in [-0.4, -0.2) is 90.3 Å². The molecule has 138 valence electrons. The van der Waals surface area contributed by atoms with Crippen molar-refractivity contribution in [1.82, 2.24) is 14.7 Å². The zero-order valence-electron chi connectivity index (χ0n) is 14.5. The Hall–Kier alpha value is -1.41. The van der Waals surface area contributed by atoms with Gasteiger partial charge in [0, 0.05) is 58.0 Å². The van der Waals surface area contributed by atoms with Crippen molar-refractivity contribution in [3.8, 4) is 0 Å². The van der Waals surface area contributed by atoms with Gasteiger partial charge in [-0.1, -0.05) is 0 Å². The first kappa shape index (κ1) is 17.0. The van der Waals surface area contributed by atoms with Gasteiger partial charge in [0.1, 0.15) is 5.76 Å². The normalized spacial score (nSPS) is 32.4. The Morgan fingerprint density at radius 2 is 2.00 bits per heavy atom. The zero-order valence-corrected chi connectivity index (χ0v) is 14.5. The molecule has 7 nitrogen and oxygen atoms in total. The number of carboxylic acids is 1. The van der Waals surface area contributed by atoms with Crippen LogP contribution in [-0.2, 0) is 16.1 Å². The van der Waals surface area contributed by atoms with E-state index in [9.17, 15) is 9.90 Å². The van der Waals surface area contributed by atoms with Crippen molar-refractivity contribution in [3.63, 3.8) is 0 Å². The van der Waals surface area contributed by atoms with Crippen molar-refractivity contribution in [2.24, 2.45) is 5.92 Å². The van der Waals surface area contributed by atoms with E-state index in [0.29, 0.717) is 31.7 Å². The molecule has 0 spiro atoms. The van der Waals surface area contributed by atoms with Crippen molar-refractivity contribution in [3.05, 3.63) is 24.2 Å². The van der Waals surface area contributed by atoms with Gasteiger partial charge in [-0.15, -0.1) is 0 Å². The molecule has 0 aliphatic carbocycles. The van der Waals surface area contributed by atoms with Crippen molar-refractivity contribution in [2.45, 2.75) is 25.0 Å². The van der Waals surface area contributed by atoms with Crippen LogP contribution in [0.1, 0.15) is 12.2 Å². The number of hydrogen-bond donors (Lipinski definition) is 1. The summed E-state index contributed by atoms with van der Waals surface area (Å²) in [4.78, 5) is 18.9. The fraction of sp³-hybridized carbons (Fsp3) is 0.722. The summed E-state index contributed by atoms with van der Waals surface area (Å²) in [7, 11) is 0. The van der Waals surface area contributed by atoms with Crippen molar-refractivity contribution in [2.75, 3.05) is 52.5 Å². The number of fused-ring (bicyclic) bond motifs is 1. The van der Waals surface area contributed by atoms with Crippen LogP contribution in [0.3, 0.4) is 0 Å². The maximum atomic E-state index is 11.7. The molecule has 3 saturated heterocycles. The Labute approximate surface area is 148 Å². The molecule has 0 bridgehead atoms. The van der Waals surface area contributed by atoms with Gasteiger partial charge in [0.15, 0.2) is 0 Å². The van der Waals surface area contributed by atoms with Crippen LogP contribution < -0.4 is 0 Å². The summed E-state index contributed by atoms with van der Waals surface area (Å²) < 4.78 is 11.0. The Kier molecular flexibility index (Phi) is 5.08. The number of furan rings is 1. The van der Waals surface area contributed by atoms with Crippen LogP contribution >= 0.6 is 0 Å². The highest BCUT2D eigenvalue weighted by molar-refractivity contribution is 5.70. The van der Waals surface area contributed by atoms with E-state index in [1.807, 2.05) is 12.1 Å². The number of nitrogens with zero attached hydrogens (tertiary/aromatic N) is 3. The first-order valence-corrected chi connectivity index (χ1v) is 9.22. The van der Waals surface area contributed by atoms with Gasteiger partial charge in [0.05, 0.1) is 25.3 Å². The van der Waals surface area contributed by atoms with Gasteiger partial charge >= 0.3 is 5.97 Å². The third kappa shape index (κ3) is 3.89. The van der Waals surface area contributed by atoms with E-state index >= 15 is 0 Å². The lowest BCUT2D eigenvalue weighted by Crippen LogP contribution is -2.58. The number of piperazine rings is 1. The minimum absolute atomic E-state index is 0.346. The quantitative estimate of drug-likeness (QED) is 0.852. The highest BCUT2D eigenvalue weighted by Gasteiger charge is 2.38. The summed E-state index contributed by atoms with van der Waals surface area (Å²) >= 11 is 0. The summed E-state index contributed by atoms with van der Waals surface area (Å²) in [6.07, 6.45) is 2.79. The van der Waals surface area contributed by atoms with Crippen molar-refractivity contribution in [1.29, 1.82) is 0 Å². The second-order valence-electron chi connectivity index (χ2n) is 7.47. The van der Waals surface area contributed by atoms with Gasteiger partial charge in [0.25, 0.3) is 0 Å². The highest BCUT2D eigenvalue weighted by atomic mass is 16.5. The lowest BCUT2D eigenvalue weighted by atomic mass is 10.1. The lowest BCUT2D eigenvalue weighted by molar-refractivity contribution is -0.142. The second-order valence-corrected chi connectivity index (χ2v) is 7.47. The molecule has 1 aromatic rings. The minimum atomic E-state index is -0.697. The number of carboxylic acid groups (broad SMARTS) is 1. The van der Waals surface area contributed by atoms with Crippen LogP contribution in [0.5, 0.6) is 0 Å². The van der Waals surface area contributed by atoms with Gasteiger partial charge in [-0.2, -0.15) is 0 Å². The van der Waals surface area contributed by atoms with Gasteiger partial charge < -0.3 is 14.3 Å². The van der Waals surface area contributed by atoms with Crippen LogP contribution in [0.15, 0.2) is 22.8 Å². The molecule has 3 atom stereocenters. The predicted octanol–water partition coefficient (Wildman–Crippen LogP) is 0.571. The Bertz CT molecular complexity index is 573. The molecule has 0 radical (unpaired) electrons. The third-order valence-electron chi connectivity index (χ3n) is 5.77. The first-order chi connectivity index (χ1) is 12.2. The van der Waals surface area contributed by atoms with E-state index in [1.165, 1.54) is 0 Å². The molecule has 4 rings (SSSR count). The number of aliphatic carboxylic acids is 1. The molecule has 4 heterocycles. The topological polar surface area (TPSA) is 69.4 Å². The second kappa shape index (κ2) is 7.45. The van der Waals surface area contributed by atoms with E-state index in [0.717, 1.165) is 51.6 Å². The minimum Gasteiger partial charge on any atom is -0.481 e. The highest BCUT2D eigenvalue weighted by Crippen LogP contribution is 2.23. The monoisotopic (exact) mass is 349 g/mol. The SMILES string of the molecule is O=C(O)C1CN(Cc2ccco2)CC2CN(C3CCOC3)CCN2C1. The van der Waals surface area contributed by atoms with E-state index in [-0.39, 0.29) is 5.92 Å². The molecule has 0 saturated carbocycles. The molecular weight excluding hydrogens is 322 g/mol. The van der Waals surface area contributed by atoms with Crippen LogP contribution in [0.25, 0.3) is 0 Å². The number of carbonyl (C=O) groups is 1. The molecule has 0 aromatic carbocycles. The molecule has 0 amide bonds. The fourth-order valence-electron chi connectivity index (χ4n) is 4.41. The number of ether oxygens (including phenoxy) is 1. The molecule has 25 heavy (non-hydrogen) atoms. The fourth-order valence-corrected chi connectivity index (χ4v) is 4.41. The third-order valence-corrected chi connectivity index (χ3v) is 5.77. The number of hydrogen-bond acceptors (Lipinski definition) is 6. The molecule has 1 aromatic heterocycles. The molecule has 3 fully saturated rings. The summed E-state index contributed by atoms with van der Waals surface area (Å²) in [6.45, 7) is 7.42. The maximum Gasteiger partial charge on any atom is 0.309 e. The van der Waals surface area contributed by atoms with Gasteiger partial charge in [-0.05, 0) is 18.6 Å². The summed E-state index contributed by atoms with van der Waals surface area (Å²) in [5.41, 5.74) is 0. The van der Waals surface area contributed by atoms with Crippen LogP contribution in [0.2, 0.25) is 0 Å². The lowest BCUT2D eigenvalue weighted by Gasteiger charge is -2.43. The first-order valence-electron chi connectivity index (χ1n) is 9.22. The standard InChI is InChI=1S/C18H27N3O4/c22-18(23)14-8-19(12-17-2-1-6-25-17)10-16-11-21(5-4-20(16)9-14)15-3-7-24-13-15/h1-2,6,14-16H,3-5,7-13H2,(H,22,23). The van der Waals surface area contributed by atoms with Crippen molar-refractivity contribution < 1.29 is 19.1 Å². The summed E-state index contributed by atoms with van der Waals surface area (Å²) in [5.74, 6) is -0.146.